The van der Waals surface area contributed by atoms with E-state index in [2.05, 4.69) is 33.9 Å². The lowest BCUT2D eigenvalue weighted by molar-refractivity contribution is 0.334. The topological polar surface area (TPSA) is 43.4 Å². The minimum Gasteiger partial charge on any atom is -0.413 e. The van der Waals surface area contributed by atoms with Gasteiger partial charge in [0.05, 0.1) is 11.5 Å². The van der Waals surface area contributed by atoms with Crippen LogP contribution in [0.4, 0.5) is 8.78 Å². The number of rotatable bonds is 6. The van der Waals surface area contributed by atoms with E-state index in [-0.39, 0.29) is 16.5 Å². The van der Waals surface area contributed by atoms with E-state index >= 15 is 0 Å². The molecule has 3 nitrogen and oxygen atoms in total. The predicted molar refractivity (Wildman–Crippen MR) is 122 cm³/mol. The van der Waals surface area contributed by atoms with Gasteiger partial charge in [-0.2, -0.15) is 0 Å². The molecule has 0 aliphatic heterocycles. The molecule has 0 aliphatic carbocycles. The van der Waals surface area contributed by atoms with Crippen molar-refractivity contribution < 1.29 is 21.6 Å². The van der Waals surface area contributed by atoms with Crippen LogP contribution in [0.25, 0.3) is 11.1 Å². The summed E-state index contributed by atoms with van der Waals surface area (Å²) in [5, 5.41) is -0.00278. The van der Waals surface area contributed by atoms with E-state index in [1.54, 1.807) is 24.3 Å². The van der Waals surface area contributed by atoms with E-state index in [1.165, 1.54) is 12.1 Å². The van der Waals surface area contributed by atoms with Crippen LogP contribution in [-0.2, 0) is 14.3 Å². The van der Waals surface area contributed by atoms with Gasteiger partial charge >= 0.3 is 0 Å². The first-order valence-corrected chi connectivity index (χ1v) is 14.5. The highest BCUT2D eigenvalue weighted by atomic mass is 32.2. The molecule has 0 aromatic heterocycles. The molecule has 0 N–H and O–H groups in total. The predicted octanol–water partition coefficient (Wildman–Crippen LogP) is 6.32. The Balaban J connectivity index is 2.54. The van der Waals surface area contributed by atoms with Crippen LogP contribution in [0, 0.1) is 11.6 Å². The van der Waals surface area contributed by atoms with E-state index in [1.807, 2.05) is 6.92 Å². The summed E-state index contributed by atoms with van der Waals surface area (Å²) in [6.45, 7) is 12.8. The number of allylic oxidation sites excluding steroid dienone is 1. The van der Waals surface area contributed by atoms with Crippen LogP contribution < -0.4 is 0 Å². The molecule has 0 saturated heterocycles. The van der Waals surface area contributed by atoms with Crippen molar-refractivity contribution in [3.63, 3.8) is 0 Å². The maximum absolute atomic E-state index is 14.0. The average molecular weight is 453 g/mol. The van der Waals surface area contributed by atoms with Crippen molar-refractivity contribution in [2.75, 3.05) is 12.9 Å². The zero-order chi connectivity index (χ0) is 22.9. The fraction of sp³-hybridized carbons (Fsp3) is 0.391. The van der Waals surface area contributed by atoms with Crippen LogP contribution in [0.15, 0.2) is 47.4 Å². The smallest absolute Gasteiger partial charge is 0.192 e. The summed E-state index contributed by atoms with van der Waals surface area (Å²) in [5.74, 6) is -1.82. The Morgan fingerprint density at radius 2 is 1.50 bits per heavy atom. The summed E-state index contributed by atoms with van der Waals surface area (Å²) in [7, 11) is -5.39. The lowest BCUT2D eigenvalue weighted by atomic mass is 9.96. The molecular formula is C23H30F2O3SSi. The van der Waals surface area contributed by atoms with Crippen molar-refractivity contribution in [1.29, 1.82) is 0 Å². The van der Waals surface area contributed by atoms with E-state index in [4.69, 9.17) is 4.43 Å². The first-order chi connectivity index (χ1) is 13.6. The molecule has 2 rings (SSSR count). The van der Waals surface area contributed by atoms with Crippen LogP contribution in [-0.4, -0.2) is 29.6 Å². The second-order valence-electron chi connectivity index (χ2n) is 9.08. The number of hydrogen-bond donors (Lipinski definition) is 0. The minimum absolute atomic E-state index is 0.00278. The Bertz CT molecular complexity index is 1050. The third-order valence-corrected chi connectivity index (χ3v) is 11.4. The normalized spacial score (nSPS) is 13.9. The van der Waals surface area contributed by atoms with Crippen LogP contribution in [0.1, 0.15) is 38.8 Å². The third kappa shape index (κ3) is 5.65. The fourth-order valence-corrected chi connectivity index (χ4v) is 4.26. The SMILES string of the molecule is C/C(=C(\CO[Si](C)(C)C(C)(C)C)c1ccc(F)c(F)c1)c1ccc(S(C)(=O)=O)cc1. The quantitative estimate of drug-likeness (QED) is 0.380. The molecule has 164 valence electrons. The van der Waals surface area contributed by atoms with Crippen molar-refractivity contribution in [3.05, 3.63) is 65.2 Å². The first-order valence-electron chi connectivity index (χ1n) is 9.73. The summed E-state index contributed by atoms with van der Waals surface area (Å²) < 4.78 is 57.3. The van der Waals surface area contributed by atoms with Crippen molar-refractivity contribution in [2.45, 2.75) is 50.7 Å². The Morgan fingerprint density at radius 1 is 0.967 bits per heavy atom. The Hall–Kier alpha value is -1.83. The Labute approximate surface area is 179 Å². The van der Waals surface area contributed by atoms with Gasteiger partial charge in [-0.1, -0.05) is 39.0 Å². The zero-order valence-corrected chi connectivity index (χ0v) is 20.5. The standard InChI is InChI=1S/C23H30F2O3SSi/c1-16(17-8-11-19(12-9-17)29(5,26)27)20(15-28-30(6,7)23(2,3)4)18-10-13-21(24)22(25)14-18/h8-14H,15H2,1-7H3/b20-16-. The van der Waals surface area contributed by atoms with Gasteiger partial charge in [-0.25, -0.2) is 17.2 Å². The average Bonchev–Trinajstić information content (AvgIpc) is 2.63. The van der Waals surface area contributed by atoms with E-state index in [0.717, 1.165) is 29.0 Å². The van der Waals surface area contributed by atoms with Gasteiger partial charge < -0.3 is 4.43 Å². The maximum atomic E-state index is 14.0. The molecule has 2 aromatic carbocycles. The molecular weight excluding hydrogens is 422 g/mol. The molecule has 0 aliphatic rings. The molecule has 0 fully saturated rings. The van der Waals surface area contributed by atoms with Crippen molar-refractivity contribution in [2.24, 2.45) is 0 Å². The summed E-state index contributed by atoms with van der Waals surface area (Å²) in [6, 6.07) is 10.4. The highest BCUT2D eigenvalue weighted by molar-refractivity contribution is 7.90. The summed E-state index contributed by atoms with van der Waals surface area (Å²) in [6.07, 6.45) is 1.16. The molecule has 2 aromatic rings. The van der Waals surface area contributed by atoms with Gasteiger partial charge in [0, 0.05) is 6.26 Å². The molecule has 0 spiro atoms. The number of sulfone groups is 1. The second kappa shape index (κ2) is 8.73. The molecule has 0 heterocycles. The summed E-state index contributed by atoms with van der Waals surface area (Å²) in [4.78, 5) is 0.228. The largest absolute Gasteiger partial charge is 0.413 e. The Morgan fingerprint density at radius 3 is 1.97 bits per heavy atom. The van der Waals surface area contributed by atoms with Crippen molar-refractivity contribution in [3.8, 4) is 0 Å². The second-order valence-corrected chi connectivity index (χ2v) is 15.9. The van der Waals surface area contributed by atoms with Crippen LogP contribution in [0.2, 0.25) is 18.1 Å². The van der Waals surface area contributed by atoms with Gasteiger partial charge in [-0.15, -0.1) is 0 Å². The van der Waals surface area contributed by atoms with Crippen molar-refractivity contribution >= 4 is 29.3 Å². The fourth-order valence-electron chi connectivity index (χ4n) is 2.69. The molecule has 0 bridgehead atoms. The highest BCUT2D eigenvalue weighted by Crippen LogP contribution is 2.38. The summed E-state index contributed by atoms with van der Waals surface area (Å²) in [5.41, 5.74) is 2.89. The van der Waals surface area contributed by atoms with E-state index in [0.29, 0.717) is 5.56 Å². The third-order valence-electron chi connectivity index (χ3n) is 5.82. The number of hydrogen-bond acceptors (Lipinski definition) is 3. The van der Waals surface area contributed by atoms with Gasteiger partial charge in [-0.3, -0.25) is 0 Å². The van der Waals surface area contributed by atoms with Gasteiger partial charge in [0.25, 0.3) is 0 Å². The van der Waals surface area contributed by atoms with Crippen LogP contribution >= 0.6 is 0 Å². The monoisotopic (exact) mass is 452 g/mol. The van der Waals surface area contributed by atoms with E-state index in [9.17, 15) is 17.2 Å². The van der Waals surface area contributed by atoms with Crippen LogP contribution in [0.5, 0.6) is 0 Å². The molecule has 0 atom stereocenters. The van der Waals surface area contributed by atoms with E-state index < -0.39 is 29.8 Å². The first kappa shape index (κ1) is 24.4. The van der Waals surface area contributed by atoms with Gasteiger partial charge in [-0.05, 0) is 71.6 Å². The summed E-state index contributed by atoms with van der Waals surface area (Å²) >= 11 is 0. The zero-order valence-electron chi connectivity index (χ0n) is 18.6. The maximum Gasteiger partial charge on any atom is 0.192 e. The Kier molecular flexibility index (Phi) is 7.11. The molecule has 7 heteroatoms. The van der Waals surface area contributed by atoms with Gasteiger partial charge in [0.15, 0.2) is 29.8 Å². The number of halogens is 2. The van der Waals surface area contributed by atoms with Crippen molar-refractivity contribution in [1.82, 2.24) is 0 Å². The molecule has 0 saturated carbocycles. The molecule has 0 amide bonds. The van der Waals surface area contributed by atoms with Gasteiger partial charge in [0.2, 0.25) is 0 Å². The lowest BCUT2D eigenvalue weighted by Gasteiger charge is -2.36. The molecule has 0 unspecified atom stereocenters. The highest BCUT2D eigenvalue weighted by Gasteiger charge is 2.37. The molecule has 0 radical (unpaired) electrons. The molecule has 30 heavy (non-hydrogen) atoms. The minimum atomic E-state index is -3.30. The van der Waals surface area contributed by atoms with Gasteiger partial charge in [0.1, 0.15) is 0 Å². The number of benzene rings is 2. The lowest BCUT2D eigenvalue weighted by Crippen LogP contribution is -2.41. The van der Waals surface area contributed by atoms with Crippen LogP contribution in [0.3, 0.4) is 0 Å².